The first kappa shape index (κ1) is 25.4. The van der Waals surface area contributed by atoms with E-state index in [1.807, 2.05) is 19.9 Å². The fraction of sp³-hybridized carbons (Fsp3) is 0.391. The van der Waals surface area contributed by atoms with Crippen molar-refractivity contribution in [3.63, 3.8) is 0 Å². The van der Waals surface area contributed by atoms with Crippen LogP contribution < -0.4 is 9.47 Å². The highest BCUT2D eigenvalue weighted by atomic mass is 16.5. The molecule has 0 saturated carbocycles. The highest BCUT2D eigenvalue weighted by Gasteiger charge is 2.27. The molecule has 0 unspecified atom stereocenters. The van der Waals surface area contributed by atoms with Crippen LogP contribution in [0.1, 0.15) is 54.2 Å². The third-order valence-electron chi connectivity index (χ3n) is 4.66. The van der Waals surface area contributed by atoms with Gasteiger partial charge in [0.1, 0.15) is 11.2 Å². The summed E-state index contributed by atoms with van der Waals surface area (Å²) in [4.78, 5) is 49.4. The number of H-pyrrole nitrogens is 1. The lowest BCUT2D eigenvalue weighted by molar-refractivity contribution is -0.191. The number of aromatic nitrogens is 2. The van der Waals surface area contributed by atoms with Crippen LogP contribution in [0.3, 0.4) is 0 Å². The van der Waals surface area contributed by atoms with Crippen molar-refractivity contribution in [3.8, 4) is 11.5 Å². The third-order valence-corrected chi connectivity index (χ3v) is 4.66. The standard InChI is InChI=1S/C22H26N2O6.CO2/c1-6-12-10-14-17(23-12)16-13(21(25)29-8-3)11-15(22(26)30-9-4)24-18(16)20(27-5)19(14)28-7-2;2-1-3/h10-11,23H,6-9H2,1-5H3;. The number of hydrogen-bond acceptors (Lipinski definition) is 9. The zero-order valence-corrected chi connectivity index (χ0v) is 19.2. The molecule has 0 saturated heterocycles. The number of hydrogen-bond donors (Lipinski definition) is 1. The second kappa shape index (κ2) is 11.6. The first-order valence-electron chi connectivity index (χ1n) is 10.4. The number of aromatic amines is 1. The van der Waals surface area contributed by atoms with Crippen LogP contribution in [0.2, 0.25) is 0 Å². The van der Waals surface area contributed by atoms with Crippen LogP contribution in [0.15, 0.2) is 12.1 Å². The number of ether oxygens (including phenoxy) is 4. The first-order chi connectivity index (χ1) is 15.9. The first-order valence-corrected chi connectivity index (χ1v) is 10.4. The smallest absolute Gasteiger partial charge is 0.373 e. The van der Waals surface area contributed by atoms with Gasteiger partial charge in [-0.3, -0.25) is 0 Å². The Labute approximate surface area is 190 Å². The van der Waals surface area contributed by atoms with Crippen LogP contribution in [0.25, 0.3) is 21.8 Å². The lowest BCUT2D eigenvalue weighted by Crippen LogP contribution is -2.13. The molecule has 0 aliphatic carbocycles. The molecule has 0 amide bonds. The lowest BCUT2D eigenvalue weighted by Gasteiger charge is -2.16. The molecule has 33 heavy (non-hydrogen) atoms. The van der Waals surface area contributed by atoms with Crippen molar-refractivity contribution in [3.05, 3.63) is 29.1 Å². The van der Waals surface area contributed by atoms with Crippen molar-refractivity contribution in [2.75, 3.05) is 26.9 Å². The number of fused-ring (bicyclic) bond motifs is 3. The number of nitrogens with zero attached hydrogens (tertiary/aromatic N) is 1. The third kappa shape index (κ3) is 5.12. The van der Waals surface area contributed by atoms with Crippen LogP contribution in [-0.4, -0.2) is 55.0 Å². The second-order valence-corrected chi connectivity index (χ2v) is 6.54. The van der Waals surface area contributed by atoms with E-state index in [1.54, 1.807) is 13.8 Å². The Balaban J connectivity index is 0.00000122. The van der Waals surface area contributed by atoms with Gasteiger partial charge in [-0.15, -0.1) is 0 Å². The van der Waals surface area contributed by atoms with Gasteiger partial charge < -0.3 is 23.9 Å². The fourth-order valence-electron chi connectivity index (χ4n) is 3.43. The fourth-order valence-corrected chi connectivity index (χ4v) is 3.43. The topological polar surface area (TPSA) is 134 Å². The molecule has 2 heterocycles. The van der Waals surface area contributed by atoms with Crippen molar-refractivity contribution in [2.45, 2.75) is 34.1 Å². The van der Waals surface area contributed by atoms with Crippen molar-refractivity contribution in [2.24, 2.45) is 0 Å². The Morgan fingerprint density at radius 2 is 1.61 bits per heavy atom. The summed E-state index contributed by atoms with van der Waals surface area (Å²) >= 11 is 0. The molecule has 3 aromatic rings. The van der Waals surface area contributed by atoms with Gasteiger partial charge in [0.25, 0.3) is 0 Å². The largest absolute Gasteiger partial charge is 0.491 e. The monoisotopic (exact) mass is 458 g/mol. The van der Waals surface area contributed by atoms with Gasteiger partial charge in [-0.05, 0) is 39.3 Å². The number of methoxy groups -OCH3 is 1. The zero-order chi connectivity index (χ0) is 24.5. The van der Waals surface area contributed by atoms with E-state index < -0.39 is 11.9 Å². The Morgan fingerprint density at radius 3 is 2.15 bits per heavy atom. The van der Waals surface area contributed by atoms with E-state index in [9.17, 15) is 9.59 Å². The van der Waals surface area contributed by atoms with Gasteiger partial charge in [0.15, 0.2) is 11.5 Å². The van der Waals surface area contributed by atoms with Gasteiger partial charge in [0.2, 0.25) is 0 Å². The van der Waals surface area contributed by atoms with Gasteiger partial charge in [0, 0.05) is 16.5 Å². The Hall–Kier alpha value is -3.91. The molecule has 3 rings (SSSR count). The number of rotatable bonds is 8. The van der Waals surface area contributed by atoms with Crippen LogP contribution in [0, 0.1) is 0 Å². The molecule has 0 radical (unpaired) electrons. The number of benzene rings is 1. The summed E-state index contributed by atoms with van der Waals surface area (Å²) in [7, 11) is 1.50. The highest BCUT2D eigenvalue weighted by molar-refractivity contribution is 6.19. The molecule has 0 aliphatic rings. The maximum Gasteiger partial charge on any atom is 0.373 e. The minimum absolute atomic E-state index is 0.00484. The molecule has 0 fully saturated rings. The van der Waals surface area contributed by atoms with Crippen LogP contribution >= 0.6 is 0 Å². The number of carbonyl (C=O) groups is 2. The average Bonchev–Trinajstić information content (AvgIpc) is 3.24. The number of aryl methyl sites for hydroxylation is 1. The summed E-state index contributed by atoms with van der Waals surface area (Å²) < 4.78 is 21.9. The van der Waals surface area contributed by atoms with Gasteiger partial charge in [0.05, 0.1) is 38.0 Å². The van der Waals surface area contributed by atoms with E-state index in [-0.39, 0.29) is 30.6 Å². The molecule has 0 atom stereocenters. The van der Waals surface area contributed by atoms with Gasteiger partial charge in [-0.1, -0.05) is 6.92 Å². The summed E-state index contributed by atoms with van der Waals surface area (Å²) in [6.07, 6.45) is 1.01. The van der Waals surface area contributed by atoms with Crippen LogP contribution in [0.4, 0.5) is 0 Å². The van der Waals surface area contributed by atoms with E-state index in [2.05, 4.69) is 9.97 Å². The predicted molar refractivity (Wildman–Crippen MR) is 118 cm³/mol. The molecule has 176 valence electrons. The SMILES string of the molecule is CCOC(=O)c1cc(C(=O)OCC)c2c(n1)c(OC)c(OCC)c1cc(CC)[nH]c12.O=C=O. The molecule has 1 aromatic carbocycles. The minimum Gasteiger partial charge on any atom is -0.491 e. The highest BCUT2D eigenvalue weighted by Crippen LogP contribution is 2.44. The zero-order valence-electron chi connectivity index (χ0n) is 19.2. The summed E-state index contributed by atoms with van der Waals surface area (Å²) in [6, 6.07) is 3.38. The second-order valence-electron chi connectivity index (χ2n) is 6.54. The van der Waals surface area contributed by atoms with Gasteiger partial charge >= 0.3 is 18.1 Å². The molecule has 0 bridgehead atoms. The van der Waals surface area contributed by atoms with Crippen molar-refractivity contribution in [1.82, 2.24) is 9.97 Å². The van der Waals surface area contributed by atoms with E-state index in [4.69, 9.17) is 28.5 Å². The van der Waals surface area contributed by atoms with E-state index in [1.165, 1.54) is 13.2 Å². The molecule has 0 spiro atoms. The molecule has 10 nitrogen and oxygen atoms in total. The molecular formula is C23H26N2O8. The molecule has 10 heteroatoms. The quantitative estimate of drug-likeness (QED) is 0.504. The predicted octanol–water partition coefficient (Wildman–Crippen LogP) is 3.46. The Morgan fingerprint density at radius 1 is 0.970 bits per heavy atom. The number of pyridine rings is 1. The van der Waals surface area contributed by atoms with Crippen molar-refractivity contribution in [1.29, 1.82) is 0 Å². The maximum atomic E-state index is 12.8. The molecule has 2 aromatic heterocycles. The van der Waals surface area contributed by atoms with E-state index in [0.29, 0.717) is 34.5 Å². The molecule has 1 N–H and O–H groups in total. The Kier molecular flexibility index (Phi) is 8.94. The number of nitrogens with one attached hydrogen (secondary N) is 1. The summed E-state index contributed by atoms with van der Waals surface area (Å²) in [6.45, 7) is 8.10. The lowest BCUT2D eigenvalue weighted by atomic mass is 10.0. The van der Waals surface area contributed by atoms with E-state index in [0.717, 1.165) is 17.5 Å². The Bertz CT molecular complexity index is 1190. The number of esters is 2. The van der Waals surface area contributed by atoms with Gasteiger partial charge in [-0.2, -0.15) is 9.59 Å². The van der Waals surface area contributed by atoms with Crippen molar-refractivity contribution >= 4 is 39.9 Å². The maximum absolute atomic E-state index is 12.8. The van der Waals surface area contributed by atoms with Crippen LogP contribution in [0.5, 0.6) is 11.5 Å². The molecular weight excluding hydrogens is 432 g/mol. The normalized spacial score (nSPS) is 10.2. The van der Waals surface area contributed by atoms with Gasteiger partial charge in [-0.25, -0.2) is 14.6 Å². The number of carbonyl (C=O) groups excluding carboxylic acids is 4. The van der Waals surface area contributed by atoms with Crippen molar-refractivity contribution < 1.29 is 38.1 Å². The summed E-state index contributed by atoms with van der Waals surface area (Å²) in [5.41, 5.74) is 2.17. The average molecular weight is 458 g/mol. The molecule has 0 aliphatic heterocycles. The van der Waals surface area contributed by atoms with Crippen LogP contribution in [-0.2, 0) is 25.5 Å². The van der Waals surface area contributed by atoms with E-state index >= 15 is 0 Å². The minimum atomic E-state index is -0.634. The summed E-state index contributed by atoms with van der Waals surface area (Å²) in [5.74, 6) is -0.346. The summed E-state index contributed by atoms with van der Waals surface area (Å²) in [5, 5.41) is 1.28.